The third-order valence-electron chi connectivity index (χ3n) is 2.93. The van der Waals surface area contributed by atoms with Crippen LogP contribution in [0, 0.1) is 0 Å². The van der Waals surface area contributed by atoms with Crippen LogP contribution in [0.2, 0.25) is 0 Å². The van der Waals surface area contributed by atoms with E-state index in [-0.39, 0.29) is 6.10 Å². The van der Waals surface area contributed by atoms with E-state index in [2.05, 4.69) is 19.9 Å². The van der Waals surface area contributed by atoms with Gasteiger partial charge in [0.1, 0.15) is 6.10 Å². The number of hydrogen-bond acceptors (Lipinski definition) is 6. The van der Waals surface area contributed by atoms with Gasteiger partial charge in [-0.25, -0.2) is 0 Å². The van der Waals surface area contributed by atoms with Gasteiger partial charge in [0.25, 0.3) is 0 Å². The molecule has 94 valence electrons. The zero-order valence-corrected chi connectivity index (χ0v) is 10.7. The van der Waals surface area contributed by atoms with E-state index in [9.17, 15) is 0 Å². The van der Waals surface area contributed by atoms with Gasteiger partial charge in [0.2, 0.25) is 0 Å². The van der Waals surface area contributed by atoms with Gasteiger partial charge in [-0.1, -0.05) is 0 Å². The van der Waals surface area contributed by atoms with Crippen molar-refractivity contribution in [3.05, 3.63) is 40.9 Å². The van der Waals surface area contributed by atoms with Gasteiger partial charge in [-0.3, -0.25) is 19.9 Å². The summed E-state index contributed by atoms with van der Waals surface area (Å²) in [6.07, 6.45) is 7.13. The van der Waals surface area contributed by atoms with Crippen molar-refractivity contribution in [3.63, 3.8) is 0 Å². The Hall–Kier alpha value is -1.37. The number of aromatic nitrogens is 3. The van der Waals surface area contributed by atoms with Crippen molar-refractivity contribution >= 4 is 11.3 Å². The quantitative estimate of drug-likeness (QED) is 0.839. The van der Waals surface area contributed by atoms with Crippen molar-refractivity contribution < 1.29 is 4.74 Å². The lowest BCUT2D eigenvalue weighted by Gasteiger charge is -2.31. The smallest absolute Gasteiger partial charge is 0.114 e. The van der Waals surface area contributed by atoms with Crippen LogP contribution in [0.1, 0.15) is 16.7 Å². The molecular formula is C12H14N4OS. The molecule has 0 saturated carbocycles. The number of rotatable bonds is 3. The van der Waals surface area contributed by atoms with Gasteiger partial charge in [-0.15, -0.1) is 11.3 Å². The first-order valence-corrected chi connectivity index (χ1v) is 6.77. The van der Waals surface area contributed by atoms with Gasteiger partial charge in [0.05, 0.1) is 24.0 Å². The van der Waals surface area contributed by atoms with Crippen molar-refractivity contribution in [2.24, 2.45) is 0 Å². The van der Waals surface area contributed by atoms with Crippen LogP contribution in [-0.2, 0) is 11.3 Å². The highest BCUT2D eigenvalue weighted by molar-refractivity contribution is 7.09. The minimum atomic E-state index is 0.0281. The van der Waals surface area contributed by atoms with E-state index < -0.39 is 0 Å². The lowest BCUT2D eigenvalue weighted by atomic mass is 10.2. The summed E-state index contributed by atoms with van der Waals surface area (Å²) in [5, 5.41) is 0. The molecule has 0 amide bonds. The van der Waals surface area contributed by atoms with Crippen LogP contribution in [-0.4, -0.2) is 39.5 Å². The molecule has 0 unspecified atom stereocenters. The molecule has 5 nitrogen and oxygen atoms in total. The number of morpholine rings is 1. The highest BCUT2D eigenvalue weighted by atomic mass is 32.1. The Labute approximate surface area is 109 Å². The summed E-state index contributed by atoms with van der Waals surface area (Å²) < 4.78 is 5.76. The lowest BCUT2D eigenvalue weighted by molar-refractivity contribution is -0.0348. The molecule has 3 heterocycles. The summed E-state index contributed by atoms with van der Waals surface area (Å²) in [7, 11) is 0. The van der Waals surface area contributed by atoms with Crippen molar-refractivity contribution in [1.82, 2.24) is 19.9 Å². The Balaban J connectivity index is 1.65. The van der Waals surface area contributed by atoms with Crippen LogP contribution in [0.15, 0.2) is 30.3 Å². The van der Waals surface area contributed by atoms with E-state index in [4.69, 9.17) is 4.74 Å². The minimum Gasteiger partial charge on any atom is -0.369 e. The van der Waals surface area contributed by atoms with Crippen molar-refractivity contribution in [2.45, 2.75) is 12.6 Å². The average molecular weight is 262 g/mol. The molecule has 1 saturated heterocycles. The van der Waals surface area contributed by atoms with Crippen LogP contribution in [0.25, 0.3) is 0 Å². The highest BCUT2D eigenvalue weighted by Gasteiger charge is 2.23. The van der Waals surface area contributed by atoms with Gasteiger partial charge in [-0.2, -0.15) is 0 Å². The maximum Gasteiger partial charge on any atom is 0.114 e. The predicted molar refractivity (Wildman–Crippen MR) is 68.1 cm³/mol. The standard InChI is InChI=1S/C12H14N4OS/c1-2-15-11(6-13-1)12-8-16(3-4-17-12)7-10-5-14-9-18-10/h1-2,5-6,9,12H,3-4,7-8H2/t12-/m0/s1. The van der Waals surface area contributed by atoms with Crippen molar-refractivity contribution in [2.75, 3.05) is 19.7 Å². The summed E-state index contributed by atoms with van der Waals surface area (Å²) in [6.45, 7) is 3.48. The molecule has 1 atom stereocenters. The number of hydrogen-bond donors (Lipinski definition) is 0. The van der Waals surface area contributed by atoms with Crippen LogP contribution in [0.4, 0.5) is 0 Å². The zero-order valence-electron chi connectivity index (χ0n) is 9.90. The third kappa shape index (κ3) is 2.72. The van der Waals surface area contributed by atoms with E-state index in [1.165, 1.54) is 4.88 Å². The van der Waals surface area contributed by atoms with E-state index in [0.717, 1.165) is 31.9 Å². The molecule has 0 aliphatic carbocycles. The normalized spacial score (nSPS) is 21.0. The Morgan fingerprint density at radius 1 is 1.33 bits per heavy atom. The molecule has 0 N–H and O–H groups in total. The summed E-state index contributed by atoms with van der Waals surface area (Å²) >= 11 is 1.69. The van der Waals surface area contributed by atoms with Gasteiger partial charge in [0.15, 0.2) is 0 Å². The van der Waals surface area contributed by atoms with Crippen LogP contribution < -0.4 is 0 Å². The van der Waals surface area contributed by atoms with E-state index in [1.54, 1.807) is 29.9 Å². The SMILES string of the molecule is c1cnc([C@@H]2CN(Cc3cncs3)CCO2)cn1. The summed E-state index contributed by atoms with van der Waals surface area (Å²) in [5.41, 5.74) is 2.78. The Bertz CT molecular complexity index is 476. The molecule has 0 bridgehead atoms. The second-order valence-corrected chi connectivity index (χ2v) is 5.16. The second-order valence-electron chi connectivity index (χ2n) is 4.19. The zero-order chi connectivity index (χ0) is 12.2. The molecule has 0 radical (unpaired) electrons. The van der Waals surface area contributed by atoms with Gasteiger partial charge in [-0.05, 0) is 0 Å². The van der Waals surface area contributed by atoms with E-state index in [0.29, 0.717) is 0 Å². The van der Waals surface area contributed by atoms with E-state index >= 15 is 0 Å². The summed E-state index contributed by atoms with van der Waals surface area (Å²) in [6, 6.07) is 0. The topological polar surface area (TPSA) is 51.1 Å². The van der Waals surface area contributed by atoms with Crippen LogP contribution in [0.5, 0.6) is 0 Å². The maximum atomic E-state index is 5.76. The first-order valence-electron chi connectivity index (χ1n) is 5.89. The maximum absolute atomic E-state index is 5.76. The molecule has 2 aromatic heterocycles. The molecule has 0 spiro atoms. The van der Waals surface area contributed by atoms with Gasteiger partial charge in [0, 0.05) is 43.1 Å². The molecular weight excluding hydrogens is 248 g/mol. The summed E-state index contributed by atoms with van der Waals surface area (Å²) in [4.78, 5) is 16.2. The monoisotopic (exact) mass is 262 g/mol. The number of ether oxygens (including phenoxy) is 1. The molecule has 18 heavy (non-hydrogen) atoms. The first-order chi connectivity index (χ1) is 8.92. The Kier molecular flexibility index (Phi) is 3.59. The summed E-state index contributed by atoms with van der Waals surface area (Å²) in [5.74, 6) is 0. The van der Waals surface area contributed by atoms with Gasteiger partial charge >= 0.3 is 0 Å². The third-order valence-corrected chi connectivity index (χ3v) is 3.69. The molecule has 1 aliphatic rings. The van der Waals surface area contributed by atoms with E-state index in [1.807, 2.05) is 11.7 Å². The fourth-order valence-electron chi connectivity index (χ4n) is 2.04. The predicted octanol–water partition coefficient (Wildman–Crippen LogP) is 1.51. The number of nitrogens with zero attached hydrogens (tertiary/aromatic N) is 4. The van der Waals surface area contributed by atoms with Gasteiger partial charge < -0.3 is 4.74 Å². The Morgan fingerprint density at radius 2 is 2.33 bits per heavy atom. The largest absolute Gasteiger partial charge is 0.369 e. The highest BCUT2D eigenvalue weighted by Crippen LogP contribution is 2.21. The first kappa shape index (κ1) is 11.7. The average Bonchev–Trinajstić information content (AvgIpc) is 2.93. The molecule has 6 heteroatoms. The molecule has 2 aromatic rings. The van der Waals surface area contributed by atoms with Crippen LogP contribution in [0.3, 0.4) is 0 Å². The molecule has 0 aromatic carbocycles. The Morgan fingerprint density at radius 3 is 3.11 bits per heavy atom. The minimum absolute atomic E-state index is 0.0281. The van der Waals surface area contributed by atoms with Crippen molar-refractivity contribution in [1.29, 1.82) is 0 Å². The second kappa shape index (κ2) is 5.51. The fourth-order valence-corrected chi connectivity index (χ4v) is 2.68. The molecule has 1 fully saturated rings. The number of thiazole rings is 1. The van der Waals surface area contributed by atoms with Crippen LogP contribution >= 0.6 is 11.3 Å². The van der Waals surface area contributed by atoms with Crippen molar-refractivity contribution in [3.8, 4) is 0 Å². The molecule has 3 rings (SSSR count). The lowest BCUT2D eigenvalue weighted by Crippen LogP contribution is -2.37. The fraction of sp³-hybridized carbons (Fsp3) is 0.417. The molecule has 1 aliphatic heterocycles.